The summed E-state index contributed by atoms with van der Waals surface area (Å²) in [6, 6.07) is 8.48. The lowest BCUT2D eigenvalue weighted by molar-refractivity contribution is 0.0698. The second-order valence-corrected chi connectivity index (χ2v) is 13.1. The molecule has 1 aliphatic heterocycles. The minimum Gasteiger partial charge on any atom is -0.478 e. The molecular formula is C35H30ClF2N7O3S. The average molecular weight is 702 g/mol. The first-order valence-corrected chi connectivity index (χ1v) is 16.7. The number of pyridine rings is 2. The van der Waals surface area contributed by atoms with Crippen LogP contribution in [0.25, 0.3) is 32.2 Å². The molecule has 1 atom stereocenters. The summed E-state index contributed by atoms with van der Waals surface area (Å²) in [6.07, 6.45) is 1.86. The van der Waals surface area contributed by atoms with Crippen LogP contribution in [0.5, 0.6) is 0 Å². The van der Waals surface area contributed by atoms with Crippen LogP contribution in [-0.2, 0) is 0 Å². The lowest BCUT2D eigenvalue weighted by Crippen LogP contribution is -2.45. The molecule has 49 heavy (non-hydrogen) atoms. The molecule has 14 heteroatoms. The Kier molecular flexibility index (Phi) is 9.61. The fourth-order valence-corrected chi connectivity index (χ4v) is 7.57. The first-order valence-electron chi connectivity index (χ1n) is 15.4. The van der Waals surface area contributed by atoms with Gasteiger partial charge in [0.15, 0.2) is 0 Å². The van der Waals surface area contributed by atoms with Crippen LogP contribution in [0.1, 0.15) is 53.1 Å². The Balaban J connectivity index is 1.37. The number of carboxylic acid groups (broad SMARTS) is 1. The Morgan fingerprint density at radius 3 is 2.67 bits per heavy atom. The van der Waals surface area contributed by atoms with Crippen LogP contribution < -0.4 is 10.5 Å². The number of halogens is 3. The Morgan fingerprint density at radius 1 is 1.22 bits per heavy atom. The molecule has 0 spiro atoms. The number of thiophene rings is 1. The van der Waals surface area contributed by atoms with Crippen molar-refractivity contribution in [3.05, 3.63) is 79.9 Å². The molecule has 6 rings (SSSR count). The molecule has 4 aromatic heterocycles. The van der Waals surface area contributed by atoms with Crippen LogP contribution in [0.15, 0.2) is 46.8 Å². The Bertz CT molecular complexity index is 2270. The molecule has 250 valence electrons. The summed E-state index contributed by atoms with van der Waals surface area (Å²) in [5.74, 6) is 6.01. The maximum absolute atomic E-state index is 14.1. The number of likely N-dealkylation sites (tertiary alicyclic amines) is 1. The number of benzene rings is 1. The van der Waals surface area contributed by atoms with E-state index in [1.54, 1.807) is 61.6 Å². The van der Waals surface area contributed by atoms with E-state index < -0.39 is 24.0 Å². The lowest BCUT2D eigenvalue weighted by atomic mass is 9.99. The van der Waals surface area contributed by atoms with Crippen LogP contribution in [0.4, 0.5) is 14.6 Å². The van der Waals surface area contributed by atoms with Gasteiger partial charge in [0.25, 0.3) is 12.0 Å². The van der Waals surface area contributed by atoms with Gasteiger partial charge in [-0.3, -0.25) is 19.2 Å². The largest absolute Gasteiger partial charge is 0.478 e. The number of hydrogen-bond donors (Lipinski definition) is 1. The predicted molar refractivity (Wildman–Crippen MR) is 186 cm³/mol. The number of carboxylic acids is 1. The molecule has 1 aliphatic rings. The van der Waals surface area contributed by atoms with Gasteiger partial charge in [0, 0.05) is 59.5 Å². The number of anilines is 1. The normalized spacial score (nSPS) is 14.5. The number of aryl methyl sites for hydroxylation is 1. The van der Waals surface area contributed by atoms with E-state index in [4.69, 9.17) is 11.6 Å². The van der Waals surface area contributed by atoms with Gasteiger partial charge in [0.05, 0.1) is 45.5 Å². The van der Waals surface area contributed by atoms with Gasteiger partial charge in [0.1, 0.15) is 23.3 Å². The van der Waals surface area contributed by atoms with Crippen LogP contribution in [0.3, 0.4) is 0 Å². The summed E-state index contributed by atoms with van der Waals surface area (Å²) in [5.41, 5.74) is 2.46. The zero-order valence-corrected chi connectivity index (χ0v) is 28.3. The highest BCUT2D eigenvalue weighted by Crippen LogP contribution is 2.36. The number of nitriles is 1. The van der Waals surface area contributed by atoms with Crippen LogP contribution in [0.2, 0.25) is 5.02 Å². The van der Waals surface area contributed by atoms with E-state index in [1.165, 1.54) is 22.1 Å². The Morgan fingerprint density at radius 2 is 1.98 bits per heavy atom. The van der Waals surface area contributed by atoms with Gasteiger partial charge in [-0.05, 0) is 51.0 Å². The maximum Gasteiger partial charge on any atom is 0.338 e. The van der Waals surface area contributed by atoms with Crippen molar-refractivity contribution in [3.63, 3.8) is 0 Å². The highest BCUT2D eigenvalue weighted by atomic mass is 35.5. The molecule has 1 fully saturated rings. The van der Waals surface area contributed by atoms with Crippen molar-refractivity contribution in [2.75, 3.05) is 31.6 Å². The first-order chi connectivity index (χ1) is 23.5. The first kappa shape index (κ1) is 33.9. The molecule has 0 saturated carbocycles. The number of carbonyl (C=O) groups is 1. The number of nitrogens with zero attached hydrogens (tertiary/aromatic N) is 7. The third kappa shape index (κ3) is 6.57. The third-order valence-corrected chi connectivity index (χ3v) is 10.0. The third-order valence-electron chi connectivity index (χ3n) is 8.81. The molecule has 0 bridgehead atoms. The second-order valence-electron chi connectivity index (χ2n) is 11.8. The van der Waals surface area contributed by atoms with Crippen molar-refractivity contribution in [3.8, 4) is 29.0 Å². The van der Waals surface area contributed by atoms with Crippen LogP contribution in [-0.4, -0.2) is 74.6 Å². The van der Waals surface area contributed by atoms with E-state index in [1.807, 2.05) is 4.90 Å². The monoisotopic (exact) mass is 701 g/mol. The number of piperidine rings is 1. The molecule has 10 nitrogen and oxygen atoms in total. The van der Waals surface area contributed by atoms with Crippen molar-refractivity contribution >= 4 is 55.8 Å². The molecule has 0 radical (unpaired) electrons. The van der Waals surface area contributed by atoms with Gasteiger partial charge in [-0.2, -0.15) is 5.26 Å². The summed E-state index contributed by atoms with van der Waals surface area (Å²) in [5, 5.41) is 22.1. The standard InChI is InChI=1S/C35H30ClF2N7O3S/c1-19(4-5-21-6-7-22(36)14-25(21)24-8-11-40-31-27(35(47)48)18-49-32(24)31)45-20(2)42-28-16-41-33(26(15-39)30(28)34(45)46)43(3)23-9-12-44(13-10-23)17-29(37)38/h6-8,11,14,16,18-19,23,29H,9-10,12-13,17H2,1-3H3,(H,47,48). The molecule has 1 N–H and O–H groups in total. The van der Waals surface area contributed by atoms with Gasteiger partial charge in [-0.25, -0.2) is 23.5 Å². The summed E-state index contributed by atoms with van der Waals surface area (Å²) in [4.78, 5) is 42.9. The minimum atomic E-state index is -2.40. The van der Waals surface area contributed by atoms with Crippen LogP contribution in [0, 0.1) is 30.1 Å². The lowest BCUT2D eigenvalue weighted by Gasteiger charge is -2.37. The van der Waals surface area contributed by atoms with Gasteiger partial charge in [-0.1, -0.05) is 23.4 Å². The van der Waals surface area contributed by atoms with E-state index in [2.05, 4.69) is 32.9 Å². The Hall–Kier alpha value is -4.95. The van der Waals surface area contributed by atoms with Gasteiger partial charge < -0.3 is 10.0 Å². The fourth-order valence-electron chi connectivity index (χ4n) is 6.37. The molecule has 1 unspecified atom stereocenters. The fraction of sp³-hybridized carbons (Fsp3) is 0.314. The minimum absolute atomic E-state index is 0.0449. The molecule has 1 aromatic carbocycles. The molecule has 5 aromatic rings. The number of aromatic nitrogens is 4. The molecule has 5 heterocycles. The van der Waals surface area contributed by atoms with Gasteiger partial charge >= 0.3 is 5.97 Å². The summed E-state index contributed by atoms with van der Waals surface area (Å²) >= 11 is 7.66. The number of alkyl halides is 2. The highest BCUT2D eigenvalue weighted by molar-refractivity contribution is 7.18. The van der Waals surface area contributed by atoms with Crippen molar-refractivity contribution in [2.24, 2.45) is 0 Å². The van der Waals surface area contributed by atoms with E-state index in [0.29, 0.717) is 63.9 Å². The van der Waals surface area contributed by atoms with Gasteiger partial charge in [0.2, 0.25) is 0 Å². The van der Waals surface area contributed by atoms with Gasteiger partial charge in [-0.15, -0.1) is 11.3 Å². The number of fused-ring (bicyclic) bond motifs is 2. The van der Waals surface area contributed by atoms with Crippen molar-refractivity contribution < 1.29 is 18.7 Å². The second kappa shape index (κ2) is 13.9. The van der Waals surface area contributed by atoms with Crippen LogP contribution >= 0.6 is 22.9 Å². The van der Waals surface area contributed by atoms with Crippen molar-refractivity contribution in [2.45, 2.75) is 45.2 Å². The smallest absolute Gasteiger partial charge is 0.338 e. The number of rotatable bonds is 7. The summed E-state index contributed by atoms with van der Waals surface area (Å²) in [7, 11) is 1.80. The van der Waals surface area contributed by atoms with E-state index in [0.717, 1.165) is 5.56 Å². The highest BCUT2D eigenvalue weighted by Gasteiger charge is 2.28. The predicted octanol–water partition coefficient (Wildman–Crippen LogP) is 6.38. The van der Waals surface area contributed by atoms with E-state index in [9.17, 15) is 28.7 Å². The Labute approximate surface area is 289 Å². The quantitative estimate of drug-likeness (QED) is 0.192. The molecule has 1 saturated heterocycles. The number of aromatic carboxylic acids is 1. The van der Waals surface area contributed by atoms with Crippen molar-refractivity contribution in [1.29, 1.82) is 5.26 Å². The SMILES string of the molecule is Cc1nc2cnc(N(C)C3CCN(CC(F)F)CC3)c(C#N)c2c(=O)n1C(C)C#Cc1ccc(Cl)cc1-c1ccnc2c(C(=O)O)csc12. The summed E-state index contributed by atoms with van der Waals surface area (Å²) < 4.78 is 27.9. The van der Waals surface area contributed by atoms with Crippen molar-refractivity contribution in [1.82, 2.24) is 24.4 Å². The summed E-state index contributed by atoms with van der Waals surface area (Å²) in [6.45, 7) is 4.18. The van der Waals surface area contributed by atoms with E-state index in [-0.39, 0.29) is 34.6 Å². The maximum atomic E-state index is 14.1. The molecule has 0 aliphatic carbocycles. The average Bonchev–Trinajstić information content (AvgIpc) is 3.52. The zero-order chi connectivity index (χ0) is 35.0. The molecule has 0 amide bonds. The number of hydrogen-bond acceptors (Lipinski definition) is 9. The zero-order valence-electron chi connectivity index (χ0n) is 26.7. The molecular weight excluding hydrogens is 672 g/mol. The van der Waals surface area contributed by atoms with E-state index >= 15 is 0 Å². The topological polar surface area (TPSA) is 128 Å².